The van der Waals surface area contributed by atoms with E-state index in [1.807, 2.05) is 12.1 Å². The minimum absolute atomic E-state index is 0.500. The number of aromatic nitrogens is 2. The van der Waals surface area contributed by atoms with E-state index < -0.39 is 0 Å². The molecule has 0 spiro atoms. The van der Waals surface area contributed by atoms with E-state index in [1.54, 1.807) is 0 Å². The summed E-state index contributed by atoms with van der Waals surface area (Å²) in [5.74, 6) is 1.84. The molecular weight excluding hydrogens is 222 g/mol. The fourth-order valence-corrected chi connectivity index (χ4v) is 2.86. The molecule has 0 unspecified atom stereocenters. The van der Waals surface area contributed by atoms with Crippen LogP contribution in [-0.2, 0) is 6.54 Å². The van der Waals surface area contributed by atoms with Crippen LogP contribution >= 0.6 is 0 Å². The summed E-state index contributed by atoms with van der Waals surface area (Å²) >= 11 is 0. The number of imidazole rings is 1. The van der Waals surface area contributed by atoms with E-state index in [2.05, 4.69) is 36.4 Å². The van der Waals surface area contributed by atoms with Gasteiger partial charge in [-0.25, -0.2) is 4.98 Å². The predicted octanol–water partition coefficient (Wildman–Crippen LogP) is 3.36. The lowest BCUT2D eigenvalue weighted by molar-refractivity contribution is 0.310. The van der Waals surface area contributed by atoms with Gasteiger partial charge in [0.1, 0.15) is 5.82 Å². The number of hydrogen-bond donors (Lipinski definition) is 1. The van der Waals surface area contributed by atoms with Crippen molar-refractivity contribution in [2.45, 2.75) is 40.2 Å². The van der Waals surface area contributed by atoms with Crippen molar-refractivity contribution >= 4 is 16.7 Å². The Labute approximate surface area is 108 Å². The van der Waals surface area contributed by atoms with Crippen LogP contribution in [0.2, 0.25) is 0 Å². The van der Waals surface area contributed by atoms with Crippen LogP contribution in [0.15, 0.2) is 18.2 Å². The van der Waals surface area contributed by atoms with Crippen LogP contribution in [0.1, 0.15) is 32.5 Å². The monoisotopic (exact) mass is 243 g/mol. The molecule has 0 bridgehead atoms. The van der Waals surface area contributed by atoms with E-state index in [9.17, 15) is 0 Å². The highest BCUT2D eigenvalue weighted by molar-refractivity contribution is 5.79. The summed E-state index contributed by atoms with van der Waals surface area (Å²) in [4.78, 5) is 4.63. The lowest BCUT2D eigenvalue weighted by atomic mass is 9.92. The van der Waals surface area contributed by atoms with E-state index in [-0.39, 0.29) is 0 Å². The van der Waals surface area contributed by atoms with Gasteiger partial charge in [-0.05, 0) is 49.3 Å². The van der Waals surface area contributed by atoms with Crippen molar-refractivity contribution in [2.24, 2.45) is 11.3 Å². The molecule has 1 saturated carbocycles. The number of fused-ring (bicyclic) bond motifs is 1. The molecule has 1 aromatic heterocycles. The molecule has 96 valence electrons. The van der Waals surface area contributed by atoms with Gasteiger partial charge in [-0.15, -0.1) is 0 Å². The van der Waals surface area contributed by atoms with Crippen molar-refractivity contribution in [2.75, 3.05) is 5.73 Å². The van der Waals surface area contributed by atoms with Gasteiger partial charge in [0.15, 0.2) is 0 Å². The van der Waals surface area contributed by atoms with E-state index in [1.165, 1.54) is 18.4 Å². The number of nitrogens with zero attached hydrogens (tertiary/aromatic N) is 2. The fraction of sp³-hybridized carbons (Fsp3) is 0.533. The molecule has 2 aromatic rings. The van der Waals surface area contributed by atoms with Crippen LogP contribution in [0.3, 0.4) is 0 Å². The van der Waals surface area contributed by atoms with Crippen LogP contribution in [-0.4, -0.2) is 9.55 Å². The topological polar surface area (TPSA) is 43.8 Å². The molecule has 18 heavy (non-hydrogen) atoms. The van der Waals surface area contributed by atoms with E-state index in [0.717, 1.165) is 29.5 Å². The number of rotatable bonds is 3. The van der Waals surface area contributed by atoms with E-state index >= 15 is 0 Å². The van der Waals surface area contributed by atoms with Crippen LogP contribution in [0.4, 0.5) is 5.69 Å². The van der Waals surface area contributed by atoms with E-state index in [0.29, 0.717) is 5.41 Å². The van der Waals surface area contributed by atoms with Crippen molar-refractivity contribution in [1.82, 2.24) is 9.55 Å². The van der Waals surface area contributed by atoms with Gasteiger partial charge in [-0.3, -0.25) is 0 Å². The molecule has 3 nitrogen and oxygen atoms in total. The van der Waals surface area contributed by atoms with Gasteiger partial charge in [0, 0.05) is 12.2 Å². The Balaban J connectivity index is 2.04. The van der Waals surface area contributed by atoms with Crippen molar-refractivity contribution in [3.8, 4) is 0 Å². The first kappa shape index (κ1) is 11.6. The van der Waals surface area contributed by atoms with Gasteiger partial charge < -0.3 is 10.3 Å². The molecule has 0 radical (unpaired) electrons. The zero-order valence-electron chi connectivity index (χ0n) is 11.4. The normalized spacial score (nSPS) is 17.6. The van der Waals surface area contributed by atoms with Crippen LogP contribution in [0, 0.1) is 18.3 Å². The molecule has 0 aliphatic heterocycles. The molecule has 1 heterocycles. The third-order valence-electron chi connectivity index (χ3n) is 4.55. The second-order valence-electron chi connectivity index (χ2n) is 6.01. The maximum atomic E-state index is 5.82. The Morgan fingerprint density at radius 1 is 1.39 bits per heavy atom. The molecule has 1 aliphatic rings. The SMILES string of the molecule is Cc1nc2cc(N)ccc2n1CC1(C(C)C)CC1. The molecule has 2 N–H and O–H groups in total. The molecular formula is C15H21N3. The van der Waals surface area contributed by atoms with Gasteiger partial charge >= 0.3 is 0 Å². The number of hydrogen-bond acceptors (Lipinski definition) is 2. The van der Waals surface area contributed by atoms with Gasteiger partial charge in [0.05, 0.1) is 11.0 Å². The molecule has 1 aromatic carbocycles. The maximum Gasteiger partial charge on any atom is 0.106 e. The van der Waals surface area contributed by atoms with Gasteiger partial charge in [0.25, 0.3) is 0 Å². The highest BCUT2D eigenvalue weighted by Gasteiger charge is 2.45. The lowest BCUT2D eigenvalue weighted by Gasteiger charge is -2.21. The van der Waals surface area contributed by atoms with Gasteiger partial charge in [0.2, 0.25) is 0 Å². The zero-order chi connectivity index (χ0) is 12.9. The first-order valence-electron chi connectivity index (χ1n) is 6.74. The standard InChI is InChI=1S/C15H21N3/c1-10(2)15(6-7-15)9-18-11(3)17-13-8-12(16)4-5-14(13)18/h4-5,8,10H,6-7,9,16H2,1-3H3. The molecule has 0 saturated heterocycles. The largest absolute Gasteiger partial charge is 0.399 e. The summed E-state index contributed by atoms with van der Waals surface area (Å²) in [6, 6.07) is 6.03. The maximum absolute atomic E-state index is 5.82. The Hall–Kier alpha value is -1.51. The third-order valence-corrected chi connectivity index (χ3v) is 4.55. The van der Waals surface area contributed by atoms with Crippen molar-refractivity contribution in [3.63, 3.8) is 0 Å². The van der Waals surface area contributed by atoms with Crippen LogP contribution in [0.25, 0.3) is 11.0 Å². The fourth-order valence-electron chi connectivity index (χ4n) is 2.86. The summed E-state index contributed by atoms with van der Waals surface area (Å²) in [5, 5.41) is 0. The number of aryl methyl sites for hydroxylation is 1. The Morgan fingerprint density at radius 2 is 2.11 bits per heavy atom. The predicted molar refractivity (Wildman–Crippen MR) is 75.4 cm³/mol. The van der Waals surface area contributed by atoms with Gasteiger partial charge in [-0.2, -0.15) is 0 Å². The average molecular weight is 243 g/mol. The molecule has 0 amide bonds. The third kappa shape index (κ3) is 1.69. The number of nitrogens with two attached hydrogens (primary N) is 1. The van der Waals surface area contributed by atoms with Crippen LogP contribution in [0.5, 0.6) is 0 Å². The first-order valence-corrected chi connectivity index (χ1v) is 6.74. The summed E-state index contributed by atoms with van der Waals surface area (Å²) < 4.78 is 2.36. The first-order chi connectivity index (χ1) is 8.52. The highest BCUT2D eigenvalue weighted by atomic mass is 15.1. The Morgan fingerprint density at radius 3 is 2.72 bits per heavy atom. The second-order valence-corrected chi connectivity index (χ2v) is 6.01. The number of anilines is 1. The second kappa shape index (κ2) is 3.74. The summed E-state index contributed by atoms with van der Waals surface area (Å²) in [5.41, 5.74) is 9.35. The van der Waals surface area contributed by atoms with Crippen molar-refractivity contribution in [3.05, 3.63) is 24.0 Å². The summed E-state index contributed by atoms with van der Waals surface area (Å²) in [7, 11) is 0. The Kier molecular flexibility index (Phi) is 2.40. The molecule has 1 fully saturated rings. The van der Waals surface area contributed by atoms with Crippen molar-refractivity contribution < 1.29 is 0 Å². The molecule has 1 aliphatic carbocycles. The number of nitrogen functional groups attached to an aromatic ring is 1. The van der Waals surface area contributed by atoms with E-state index in [4.69, 9.17) is 5.73 Å². The van der Waals surface area contributed by atoms with Crippen LogP contribution < -0.4 is 5.73 Å². The Bertz CT molecular complexity index is 591. The molecule has 0 atom stereocenters. The zero-order valence-corrected chi connectivity index (χ0v) is 11.4. The minimum Gasteiger partial charge on any atom is -0.399 e. The molecule has 3 rings (SSSR count). The van der Waals surface area contributed by atoms with Crippen molar-refractivity contribution in [1.29, 1.82) is 0 Å². The summed E-state index contributed by atoms with van der Waals surface area (Å²) in [6.45, 7) is 7.85. The lowest BCUT2D eigenvalue weighted by Crippen LogP contribution is -2.18. The smallest absolute Gasteiger partial charge is 0.106 e. The highest BCUT2D eigenvalue weighted by Crippen LogP contribution is 2.53. The average Bonchev–Trinajstić information content (AvgIpc) is 3.02. The molecule has 3 heteroatoms. The summed E-state index contributed by atoms with van der Waals surface area (Å²) in [6.07, 6.45) is 2.69. The van der Waals surface area contributed by atoms with Gasteiger partial charge in [-0.1, -0.05) is 13.8 Å². The minimum atomic E-state index is 0.500. The quantitative estimate of drug-likeness (QED) is 0.840. The number of benzene rings is 1.